The first kappa shape index (κ1) is 35.9. The number of benzene rings is 1. The Morgan fingerprint density at radius 1 is 1.13 bits per heavy atom. The van der Waals surface area contributed by atoms with Gasteiger partial charge in [0.15, 0.2) is 0 Å². The average Bonchev–Trinajstić information content (AvgIpc) is 3.24. The fourth-order valence-electron chi connectivity index (χ4n) is 4.46. The number of aliphatic carboxylic acids is 1. The number of para-hydroxylation sites is 1. The van der Waals surface area contributed by atoms with E-state index in [1.165, 1.54) is 18.2 Å². The number of carboxylic acids is 1. The number of hydrogen-bond acceptors (Lipinski definition) is 4. The SMILES string of the molecule is CC.CCC.CNC(C(=O)NCC(=O)N(C)C(/C=C(\C)C(=O)O)C(C)C)C(C)(C)c1cn(C)c2ccccc12. The van der Waals surface area contributed by atoms with Crippen LogP contribution in [0.15, 0.2) is 42.1 Å². The Bertz CT molecular complexity index is 1100. The van der Waals surface area contributed by atoms with E-state index in [9.17, 15) is 19.5 Å². The lowest BCUT2D eigenvalue weighted by atomic mass is 9.77. The molecule has 39 heavy (non-hydrogen) atoms. The van der Waals surface area contributed by atoms with Crippen molar-refractivity contribution in [3.63, 3.8) is 0 Å². The van der Waals surface area contributed by atoms with E-state index >= 15 is 0 Å². The zero-order valence-electron chi connectivity index (χ0n) is 26.2. The van der Waals surface area contributed by atoms with E-state index in [1.54, 1.807) is 20.2 Å². The lowest BCUT2D eigenvalue weighted by molar-refractivity contribution is -0.134. The number of amides is 2. The van der Waals surface area contributed by atoms with E-state index < -0.39 is 23.5 Å². The fourth-order valence-corrected chi connectivity index (χ4v) is 4.46. The molecule has 0 fully saturated rings. The number of hydrogen-bond donors (Lipinski definition) is 3. The molecule has 0 radical (unpaired) electrons. The molecular formula is C31H52N4O4. The number of carbonyl (C=O) groups excluding carboxylic acids is 2. The van der Waals surface area contributed by atoms with Crippen LogP contribution in [0.3, 0.4) is 0 Å². The molecule has 3 N–H and O–H groups in total. The van der Waals surface area contributed by atoms with Crippen LogP contribution >= 0.6 is 0 Å². The highest BCUT2D eigenvalue weighted by atomic mass is 16.4. The maximum absolute atomic E-state index is 13.2. The van der Waals surface area contributed by atoms with Gasteiger partial charge in [0.1, 0.15) is 0 Å². The second-order valence-electron chi connectivity index (χ2n) is 10.4. The minimum absolute atomic E-state index is 0.00861. The lowest BCUT2D eigenvalue weighted by Crippen LogP contribution is -2.55. The Kier molecular flexibility index (Phi) is 15.4. The summed E-state index contributed by atoms with van der Waals surface area (Å²) in [5.74, 6) is -1.58. The van der Waals surface area contributed by atoms with Crippen LogP contribution in [0.1, 0.15) is 74.3 Å². The van der Waals surface area contributed by atoms with Gasteiger partial charge in [-0.2, -0.15) is 0 Å². The summed E-state index contributed by atoms with van der Waals surface area (Å²) in [5.41, 5.74) is 1.74. The Hall–Kier alpha value is -3.13. The summed E-state index contributed by atoms with van der Waals surface area (Å²) < 4.78 is 2.05. The van der Waals surface area contributed by atoms with Crippen LogP contribution in [-0.4, -0.2) is 65.1 Å². The summed E-state index contributed by atoms with van der Waals surface area (Å²) >= 11 is 0. The van der Waals surface area contributed by atoms with Crippen molar-refractivity contribution in [2.24, 2.45) is 13.0 Å². The smallest absolute Gasteiger partial charge is 0.331 e. The molecule has 0 aliphatic heterocycles. The van der Waals surface area contributed by atoms with Crippen molar-refractivity contribution < 1.29 is 19.5 Å². The second kappa shape index (κ2) is 16.7. The van der Waals surface area contributed by atoms with Crippen molar-refractivity contribution in [1.29, 1.82) is 0 Å². The van der Waals surface area contributed by atoms with Crippen LogP contribution in [0.25, 0.3) is 10.9 Å². The maximum atomic E-state index is 13.2. The van der Waals surface area contributed by atoms with Crippen molar-refractivity contribution in [2.45, 2.75) is 86.2 Å². The molecule has 2 atom stereocenters. The van der Waals surface area contributed by atoms with Gasteiger partial charge in [-0.05, 0) is 31.5 Å². The molecule has 0 saturated carbocycles. The monoisotopic (exact) mass is 544 g/mol. The van der Waals surface area contributed by atoms with E-state index in [0.29, 0.717) is 0 Å². The quantitative estimate of drug-likeness (QED) is 0.361. The molecule has 220 valence electrons. The van der Waals surface area contributed by atoms with E-state index in [-0.39, 0.29) is 29.9 Å². The van der Waals surface area contributed by atoms with E-state index in [2.05, 4.69) is 24.5 Å². The lowest BCUT2D eigenvalue weighted by Gasteiger charge is -2.34. The molecule has 0 spiro atoms. The van der Waals surface area contributed by atoms with Gasteiger partial charge in [0.2, 0.25) is 11.8 Å². The predicted molar refractivity (Wildman–Crippen MR) is 162 cm³/mol. The molecule has 0 aliphatic rings. The summed E-state index contributed by atoms with van der Waals surface area (Å²) in [6.07, 6.45) is 4.87. The van der Waals surface area contributed by atoms with Crippen LogP contribution in [0.4, 0.5) is 0 Å². The number of fused-ring (bicyclic) bond motifs is 1. The first-order valence-electron chi connectivity index (χ1n) is 13.9. The third-order valence-electron chi connectivity index (χ3n) is 6.56. The Labute approximate surface area is 235 Å². The molecule has 0 saturated heterocycles. The van der Waals surface area contributed by atoms with Crippen molar-refractivity contribution in [2.75, 3.05) is 20.6 Å². The molecule has 8 nitrogen and oxygen atoms in total. The largest absolute Gasteiger partial charge is 0.478 e. The topological polar surface area (TPSA) is 104 Å². The number of aryl methyl sites for hydroxylation is 1. The van der Waals surface area contributed by atoms with E-state index in [4.69, 9.17) is 0 Å². The van der Waals surface area contributed by atoms with Gasteiger partial charge in [-0.25, -0.2) is 4.79 Å². The van der Waals surface area contributed by atoms with E-state index in [1.807, 2.05) is 83.6 Å². The predicted octanol–water partition coefficient (Wildman–Crippen LogP) is 5.12. The first-order chi connectivity index (χ1) is 18.2. The maximum Gasteiger partial charge on any atom is 0.331 e. The molecule has 1 aromatic heterocycles. The highest BCUT2D eigenvalue weighted by Crippen LogP contribution is 2.34. The molecular weight excluding hydrogens is 492 g/mol. The molecule has 1 aromatic carbocycles. The molecule has 1 heterocycles. The van der Waals surface area contributed by atoms with Gasteiger partial charge in [-0.1, -0.05) is 86.1 Å². The van der Waals surface area contributed by atoms with Gasteiger partial charge in [0, 0.05) is 42.2 Å². The van der Waals surface area contributed by atoms with E-state index in [0.717, 1.165) is 16.5 Å². The molecule has 2 rings (SSSR count). The van der Waals surface area contributed by atoms with Crippen molar-refractivity contribution >= 4 is 28.7 Å². The van der Waals surface area contributed by atoms with Crippen LogP contribution in [0, 0.1) is 5.92 Å². The summed E-state index contributed by atoms with van der Waals surface area (Å²) in [5, 5.41) is 16.2. The highest BCUT2D eigenvalue weighted by Gasteiger charge is 2.38. The number of nitrogens with zero attached hydrogens (tertiary/aromatic N) is 2. The molecule has 2 unspecified atom stereocenters. The number of carboxylic acid groups (broad SMARTS) is 1. The number of likely N-dealkylation sites (N-methyl/N-ethyl adjacent to an activating group) is 2. The van der Waals surface area contributed by atoms with Gasteiger partial charge in [0.05, 0.1) is 18.6 Å². The number of aromatic nitrogens is 1. The van der Waals surface area contributed by atoms with Gasteiger partial charge in [-0.15, -0.1) is 0 Å². The zero-order valence-corrected chi connectivity index (χ0v) is 26.2. The fraction of sp³-hybridized carbons (Fsp3) is 0.581. The van der Waals surface area contributed by atoms with Gasteiger partial charge in [-0.3, -0.25) is 9.59 Å². The molecule has 0 bridgehead atoms. The minimum Gasteiger partial charge on any atom is -0.478 e. The van der Waals surface area contributed by atoms with Crippen LogP contribution < -0.4 is 10.6 Å². The third-order valence-corrected chi connectivity index (χ3v) is 6.56. The third kappa shape index (κ3) is 9.53. The first-order valence-corrected chi connectivity index (χ1v) is 13.9. The number of nitrogens with one attached hydrogen (secondary N) is 2. The minimum atomic E-state index is -1.02. The summed E-state index contributed by atoms with van der Waals surface area (Å²) in [4.78, 5) is 38.8. The van der Waals surface area contributed by atoms with Crippen molar-refractivity contribution in [3.8, 4) is 0 Å². The summed E-state index contributed by atoms with van der Waals surface area (Å²) in [6.45, 7) is 17.4. The van der Waals surface area contributed by atoms with Crippen molar-refractivity contribution in [1.82, 2.24) is 20.1 Å². The second-order valence-corrected chi connectivity index (χ2v) is 10.4. The van der Waals surface area contributed by atoms with Gasteiger partial charge >= 0.3 is 5.97 Å². The summed E-state index contributed by atoms with van der Waals surface area (Å²) in [7, 11) is 5.34. The molecule has 2 amide bonds. The Morgan fingerprint density at radius 3 is 2.15 bits per heavy atom. The van der Waals surface area contributed by atoms with Crippen LogP contribution in [0.2, 0.25) is 0 Å². The molecule has 8 heteroatoms. The Morgan fingerprint density at radius 2 is 1.67 bits per heavy atom. The molecule has 0 aliphatic carbocycles. The standard InChI is InChI=1S/C26H38N4O4.C3H8.C2H6/c1-16(2)21(13-17(3)25(33)34)30(8)22(31)14-28-24(32)23(27-6)26(4,5)19-15-29(7)20-12-10-9-11-18(19)20;1-3-2;1-2/h9-13,15-16,21,23,27H,14H2,1-8H3,(H,28,32)(H,33,34);3H2,1-2H3;1-2H3/b17-13+;;. The normalized spacial score (nSPS) is 13.0. The molecule has 2 aromatic rings. The average molecular weight is 545 g/mol. The van der Waals surface area contributed by atoms with Crippen LogP contribution in [-0.2, 0) is 26.8 Å². The van der Waals surface area contributed by atoms with Crippen molar-refractivity contribution in [3.05, 3.63) is 47.7 Å². The number of rotatable bonds is 10. The zero-order chi connectivity index (χ0) is 30.5. The summed E-state index contributed by atoms with van der Waals surface area (Å²) in [6, 6.07) is 7.09. The number of carbonyl (C=O) groups is 3. The Balaban J connectivity index is 0.00000269. The van der Waals surface area contributed by atoms with Gasteiger partial charge < -0.3 is 25.2 Å². The van der Waals surface area contributed by atoms with Gasteiger partial charge in [0.25, 0.3) is 0 Å². The van der Waals surface area contributed by atoms with Crippen LogP contribution in [0.5, 0.6) is 0 Å². The highest BCUT2D eigenvalue weighted by molar-refractivity contribution is 5.91.